The average Bonchev–Trinajstić information content (AvgIpc) is 2.44. The number of anilines is 3. The fourth-order valence-corrected chi connectivity index (χ4v) is 2.01. The summed E-state index contributed by atoms with van der Waals surface area (Å²) in [6, 6.07) is 8.92. The Hall–Kier alpha value is -2.63. The SMILES string of the molecule is COC(=O)c1cccc(Nc2cc(C)nc(NC(C)(C)C)n2)c1. The van der Waals surface area contributed by atoms with Gasteiger partial charge in [-0.25, -0.2) is 9.78 Å². The second-order valence-corrected chi connectivity index (χ2v) is 6.29. The monoisotopic (exact) mass is 314 g/mol. The van der Waals surface area contributed by atoms with Gasteiger partial charge in [0.1, 0.15) is 5.82 Å². The molecule has 122 valence electrons. The van der Waals surface area contributed by atoms with E-state index in [-0.39, 0.29) is 11.5 Å². The van der Waals surface area contributed by atoms with Crippen LogP contribution in [0, 0.1) is 6.92 Å². The Morgan fingerprint density at radius 1 is 1.17 bits per heavy atom. The molecule has 2 N–H and O–H groups in total. The minimum Gasteiger partial charge on any atom is -0.465 e. The van der Waals surface area contributed by atoms with E-state index in [9.17, 15) is 4.79 Å². The van der Waals surface area contributed by atoms with Gasteiger partial charge in [0.15, 0.2) is 0 Å². The van der Waals surface area contributed by atoms with Gasteiger partial charge in [-0.05, 0) is 45.9 Å². The van der Waals surface area contributed by atoms with Crippen molar-refractivity contribution in [2.24, 2.45) is 0 Å². The van der Waals surface area contributed by atoms with Crippen LogP contribution < -0.4 is 10.6 Å². The fraction of sp³-hybridized carbons (Fsp3) is 0.353. The van der Waals surface area contributed by atoms with Crippen molar-refractivity contribution in [2.45, 2.75) is 33.2 Å². The van der Waals surface area contributed by atoms with Gasteiger partial charge in [0, 0.05) is 23.0 Å². The molecule has 0 amide bonds. The molecule has 0 bridgehead atoms. The molecule has 23 heavy (non-hydrogen) atoms. The van der Waals surface area contributed by atoms with Crippen LogP contribution in [0.2, 0.25) is 0 Å². The highest BCUT2D eigenvalue weighted by Gasteiger charge is 2.12. The quantitative estimate of drug-likeness (QED) is 0.841. The summed E-state index contributed by atoms with van der Waals surface area (Å²) in [6.07, 6.45) is 0. The van der Waals surface area contributed by atoms with Crippen LogP contribution >= 0.6 is 0 Å². The first-order valence-corrected chi connectivity index (χ1v) is 7.36. The number of carbonyl (C=O) groups excluding carboxylic acids is 1. The van der Waals surface area contributed by atoms with Crippen LogP contribution in [0.3, 0.4) is 0 Å². The molecule has 1 aromatic carbocycles. The first kappa shape index (κ1) is 16.7. The number of hydrogen-bond donors (Lipinski definition) is 2. The van der Waals surface area contributed by atoms with Crippen molar-refractivity contribution >= 4 is 23.4 Å². The van der Waals surface area contributed by atoms with E-state index in [1.54, 1.807) is 18.2 Å². The van der Waals surface area contributed by atoms with E-state index in [1.807, 2.05) is 39.8 Å². The van der Waals surface area contributed by atoms with Crippen molar-refractivity contribution in [1.29, 1.82) is 0 Å². The van der Waals surface area contributed by atoms with Crippen molar-refractivity contribution in [3.05, 3.63) is 41.6 Å². The van der Waals surface area contributed by atoms with Crippen LogP contribution in [0.5, 0.6) is 0 Å². The maximum Gasteiger partial charge on any atom is 0.337 e. The molecule has 0 saturated carbocycles. The van der Waals surface area contributed by atoms with Crippen LogP contribution in [0.15, 0.2) is 30.3 Å². The number of ether oxygens (including phenoxy) is 1. The summed E-state index contributed by atoms with van der Waals surface area (Å²) in [6.45, 7) is 8.05. The fourth-order valence-electron chi connectivity index (χ4n) is 2.01. The molecule has 0 atom stereocenters. The molecule has 0 radical (unpaired) electrons. The van der Waals surface area contributed by atoms with Gasteiger partial charge in [-0.2, -0.15) is 4.98 Å². The Labute approximate surface area is 136 Å². The number of hydrogen-bond acceptors (Lipinski definition) is 6. The number of aryl methyl sites for hydroxylation is 1. The van der Waals surface area contributed by atoms with Gasteiger partial charge in [0.2, 0.25) is 5.95 Å². The van der Waals surface area contributed by atoms with E-state index in [4.69, 9.17) is 4.74 Å². The standard InChI is InChI=1S/C17H22N4O2/c1-11-9-14(20-16(18-11)21-17(2,3)4)19-13-8-6-7-12(10-13)15(22)23-5/h6-10H,1-5H3,(H2,18,19,20,21). The summed E-state index contributed by atoms with van der Waals surface area (Å²) >= 11 is 0. The summed E-state index contributed by atoms with van der Waals surface area (Å²) in [5.74, 6) is 0.845. The summed E-state index contributed by atoms with van der Waals surface area (Å²) in [7, 11) is 1.36. The van der Waals surface area contributed by atoms with E-state index < -0.39 is 0 Å². The molecule has 0 spiro atoms. The number of nitrogens with zero attached hydrogens (tertiary/aromatic N) is 2. The number of carbonyl (C=O) groups is 1. The molecule has 1 aromatic heterocycles. The normalized spacial score (nSPS) is 11.0. The number of benzene rings is 1. The number of methoxy groups -OCH3 is 1. The van der Waals surface area contributed by atoms with Crippen LogP contribution in [-0.2, 0) is 4.74 Å². The topological polar surface area (TPSA) is 76.1 Å². The van der Waals surface area contributed by atoms with Crippen molar-refractivity contribution in [1.82, 2.24) is 9.97 Å². The molecule has 0 aliphatic heterocycles. The van der Waals surface area contributed by atoms with Gasteiger partial charge in [0.25, 0.3) is 0 Å². The Morgan fingerprint density at radius 3 is 2.57 bits per heavy atom. The maximum atomic E-state index is 11.6. The minimum atomic E-state index is -0.373. The molecular formula is C17H22N4O2. The lowest BCUT2D eigenvalue weighted by molar-refractivity contribution is 0.0601. The summed E-state index contributed by atoms with van der Waals surface area (Å²) < 4.78 is 4.73. The lowest BCUT2D eigenvalue weighted by atomic mass is 10.1. The Balaban J connectivity index is 2.25. The minimum absolute atomic E-state index is 0.129. The zero-order valence-electron chi connectivity index (χ0n) is 14.1. The van der Waals surface area contributed by atoms with E-state index in [0.717, 1.165) is 11.4 Å². The highest BCUT2D eigenvalue weighted by Crippen LogP contribution is 2.19. The number of nitrogens with one attached hydrogen (secondary N) is 2. The molecular weight excluding hydrogens is 292 g/mol. The lowest BCUT2D eigenvalue weighted by Crippen LogP contribution is -2.27. The van der Waals surface area contributed by atoms with Crippen molar-refractivity contribution in [2.75, 3.05) is 17.7 Å². The second-order valence-electron chi connectivity index (χ2n) is 6.29. The molecule has 6 nitrogen and oxygen atoms in total. The second kappa shape index (κ2) is 6.64. The van der Waals surface area contributed by atoms with Gasteiger partial charge < -0.3 is 15.4 Å². The van der Waals surface area contributed by atoms with Gasteiger partial charge in [-0.1, -0.05) is 6.07 Å². The highest BCUT2D eigenvalue weighted by molar-refractivity contribution is 5.90. The van der Waals surface area contributed by atoms with E-state index in [1.165, 1.54) is 7.11 Å². The van der Waals surface area contributed by atoms with Crippen LogP contribution in [0.1, 0.15) is 36.8 Å². The zero-order chi connectivity index (χ0) is 17.0. The number of aromatic nitrogens is 2. The molecule has 2 rings (SSSR count). The van der Waals surface area contributed by atoms with Gasteiger partial charge >= 0.3 is 5.97 Å². The summed E-state index contributed by atoms with van der Waals surface area (Å²) in [5, 5.41) is 6.44. The molecule has 6 heteroatoms. The smallest absolute Gasteiger partial charge is 0.337 e. The lowest BCUT2D eigenvalue weighted by Gasteiger charge is -2.21. The third kappa shape index (κ3) is 4.95. The summed E-state index contributed by atoms with van der Waals surface area (Å²) in [4.78, 5) is 20.4. The molecule has 1 heterocycles. The van der Waals surface area contributed by atoms with E-state index in [2.05, 4.69) is 20.6 Å². The maximum absolute atomic E-state index is 11.6. The predicted octanol–water partition coefficient (Wildman–Crippen LogP) is 3.53. The van der Waals surface area contributed by atoms with Crippen LogP contribution in [0.25, 0.3) is 0 Å². The van der Waals surface area contributed by atoms with Gasteiger partial charge in [-0.15, -0.1) is 0 Å². The number of esters is 1. The van der Waals surface area contributed by atoms with Crippen molar-refractivity contribution < 1.29 is 9.53 Å². The Morgan fingerprint density at radius 2 is 1.91 bits per heavy atom. The van der Waals surface area contributed by atoms with E-state index >= 15 is 0 Å². The highest BCUT2D eigenvalue weighted by atomic mass is 16.5. The molecule has 0 aliphatic carbocycles. The zero-order valence-corrected chi connectivity index (χ0v) is 14.1. The molecule has 0 unspecified atom stereocenters. The van der Waals surface area contributed by atoms with Crippen molar-refractivity contribution in [3.8, 4) is 0 Å². The Bertz CT molecular complexity index is 708. The first-order valence-electron chi connectivity index (χ1n) is 7.36. The predicted molar refractivity (Wildman–Crippen MR) is 91.2 cm³/mol. The largest absolute Gasteiger partial charge is 0.465 e. The van der Waals surface area contributed by atoms with Crippen molar-refractivity contribution in [3.63, 3.8) is 0 Å². The van der Waals surface area contributed by atoms with Gasteiger partial charge in [-0.3, -0.25) is 0 Å². The molecule has 0 fully saturated rings. The third-order valence-electron chi connectivity index (χ3n) is 2.90. The van der Waals surface area contributed by atoms with E-state index in [0.29, 0.717) is 17.3 Å². The van der Waals surface area contributed by atoms with Crippen LogP contribution in [-0.4, -0.2) is 28.6 Å². The average molecular weight is 314 g/mol. The molecule has 0 saturated heterocycles. The van der Waals surface area contributed by atoms with Gasteiger partial charge in [0.05, 0.1) is 12.7 Å². The summed E-state index contributed by atoms with van der Waals surface area (Å²) in [5.41, 5.74) is 1.96. The molecule has 2 aromatic rings. The third-order valence-corrected chi connectivity index (χ3v) is 2.90. The Kier molecular flexibility index (Phi) is 4.83. The first-order chi connectivity index (χ1) is 10.8. The number of rotatable bonds is 4. The molecule has 0 aliphatic rings. The van der Waals surface area contributed by atoms with Crippen LogP contribution in [0.4, 0.5) is 17.5 Å².